The van der Waals surface area contributed by atoms with Gasteiger partial charge in [0.15, 0.2) is 0 Å². The summed E-state index contributed by atoms with van der Waals surface area (Å²) in [5.41, 5.74) is 6.15. The minimum absolute atomic E-state index is 0.104. The van der Waals surface area contributed by atoms with E-state index in [1.165, 1.54) is 10.4 Å². The predicted molar refractivity (Wildman–Crippen MR) is 103 cm³/mol. The zero-order valence-electron chi connectivity index (χ0n) is 16.2. The SMILES string of the molecule is CC1CN(S(=O)(=O)c2cccc(C(=O)N3CC(CN)CC3C)c2)CC(C)O1. The molecule has 0 aromatic heterocycles. The van der Waals surface area contributed by atoms with Crippen molar-refractivity contribution >= 4 is 15.9 Å². The summed E-state index contributed by atoms with van der Waals surface area (Å²) in [6, 6.07) is 6.45. The van der Waals surface area contributed by atoms with Crippen LogP contribution >= 0.6 is 0 Å². The third-order valence-electron chi connectivity index (χ3n) is 5.36. The van der Waals surface area contributed by atoms with Crippen molar-refractivity contribution in [2.24, 2.45) is 11.7 Å². The van der Waals surface area contributed by atoms with Crippen LogP contribution in [0.2, 0.25) is 0 Å². The molecule has 150 valence electrons. The molecule has 2 N–H and O–H groups in total. The molecule has 2 aliphatic rings. The van der Waals surface area contributed by atoms with E-state index in [9.17, 15) is 13.2 Å². The van der Waals surface area contributed by atoms with Crippen LogP contribution in [0.3, 0.4) is 0 Å². The zero-order chi connectivity index (χ0) is 19.8. The van der Waals surface area contributed by atoms with E-state index in [2.05, 4.69) is 0 Å². The maximum absolute atomic E-state index is 13.1. The number of benzene rings is 1. The van der Waals surface area contributed by atoms with Crippen LogP contribution in [0.4, 0.5) is 0 Å². The fourth-order valence-electron chi connectivity index (χ4n) is 4.03. The third kappa shape index (κ3) is 4.18. The van der Waals surface area contributed by atoms with E-state index >= 15 is 0 Å². The summed E-state index contributed by atoms with van der Waals surface area (Å²) < 4.78 is 33.2. The van der Waals surface area contributed by atoms with Crippen molar-refractivity contribution in [3.05, 3.63) is 29.8 Å². The molecule has 0 spiro atoms. The molecule has 1 amide bonds. The van der Waals surface area contributed by atoms with Gasteiger partial charge in [-0.15, -0.1) is 0 Å². The molecule has 2 aliphatic heterocycles. The lowest BCUT2D eigenvalue weighted by molar-refractivity contribution is -0.0440. The van der Waals surface area contributed by atoms with Crippen molar-refractivity contribution in [1.82, 2.24) is 9.21 Å². The number of carbonyl (C=O) groups excluding carboxylic acids is 1. The maximum Gasteiger partial charge on any atom is 0.254 e. The van der Waals surface area contributed by atoms with E-state index in [4.69, 9.17) is 10.5 Å². The van der Waals surface area contributed by atoms with Crippen LogP contribution in [-0.2, 0) is 14.8 Å². The molecular formula is C19H29N3O4S. The molecule has 8 heteroatoms. The Hall–Kier alpha value is -1.48. The number of morpholine rings is 1. The highest BCUT2D eigenvalue weighted by atomic mass is 32.2. The van der Waals surface area contributed by atoms with Gasteiger partial charge in [-0.3, -0.25) is 4.79 Å². The van der Waals surface area contributed by atoms with Crippen LogP contribution in [0.1, 0.15) is 37.6 Å². The number of hydrogen-bond donors (Lipinski definition) is 1. The highest BCUT2D eigenvalue weighted by Crippen LogP contribution is 2.26. The van der Waals surface area contributed by atoms with Crippen LogP contribution in [0.15, 0.2) is 29.2 Å². The highest BCUT2D eigenvalue weighted by Gasteiger charge is 2.34. The Bertz CT molecular complexity index is 788. The van der Waals surface area contributed by atoms with Crippen LogP contribution in [0, 0.1) is 5.92 Å². The number of sulfonamides is 1. The Kier molecular flexibility index (Phi) is 5.90. The van der Waals surface area contributed by atoms with Crippen LogP contribution < -0.4 is 5.73 Å². The Morgan fingerprint density at radius 1 is 1.19 bits per heavy atom. The molecular weight excluding hydrogens is 366 g/mol. The molecule has 0 bridgehead atoms. The van der Waals surface area contributed by atoms with Crippen molar-refractivity contribution in [2.45, 2.75) is 50.3 Å². The van der Waals surface area contributed by atoms with Crippen LogP contribution in [-0.4, -0.2) is 68.0 Å². The van der Waals surface area contributed by atoms with E-state index in [1.54, 1.807) is 23.1 Å². The predicted octanol–water partition coefficient (Wildman–Crippen LogP) is 1.29. The molecule has 4 unspecified atom stereocenters. The standard InChI is InChI=1S/C19H29N3O4S/c1-13-7-16(9-20)12-22(13)19(23)17-5-4-6-18(8-17)27(24,25)21-10-14(2)26-15(3)11-21/h4-6,8,13-16H,7,9-12,20H2,1-3H3. The monoisotopic (exact) mass is 395 g/mol. The number of nitrogens with two attached hydrogens (primary N) is 1. The average molecular weight is 396 g/mol. The quantitative estimate of drug-likeness (QED) is 0.829. The zero-order valence-corrected chi connectivity index (χ0v) is 17.0. The van der Waals surface area contributed by atoms with E-state index in [0.717, 1.165) is 6.42 Å². The van der Waals surface area contributed by atoms with Gasteiger partial charge in [-0.1, -0.05) is 6.07 Å². The second kappa shape index (κ2) is 7.87. The molecule has 2 saturated heterocycles. The normalized spacial score (nSPS) is 29.9. The molecule has 2 fully saturated rings. The molecule has 3 rings (SSSR count). The minimum atomic E-state index is -3.67. The average Bonchev–Trinajstić information content (AvgIpc) is 3.01. The molecule has 0 aliphatic carbocycles. The Labute approximate surface area is 161 Å². The summed E-state index contributed by atoms with van der Waals surface area (Å²) in [7, 11) is -3.67. The van der Waals surface area contributed by atoms with Gasteiger partial charge in [-0.25, -0.2) is 8.42 Å². The second-order valence-electron chi connectivity index (χ2n) is 7.75. The minimum Gasteiger partial charge on any atom is -0.373 e. The van der Waals surface area contributed by atoms with Crippen molar-refractivity contribution in [2.75, 3.05) is 26.2 Å². The first-order chi connectivity index (χ1) is 12.7. The molecule has 1 aromatic rings. The number of carbonyl (C=O) groups is 1. The molecule has 2 heterocycles. The lowest BCUT2D eigenvalue weighted by atomic mass is 10.1. The van der Waals surface area contributed by atoms with E-state index in [1.807, 2.05) is 20.8 Å². The smallest absolute Gasteiger partial charge is 0.254 e. The van der Waals surface area contributed by atoms with E-state index < -0.39 is 10.0 Å². The second-order valence-corrected chi connectivity index (χ2v) is 9.69. The van der Waals surface area contributed by atoms with Crippen molar-refractivity contribution < 1.29 is 17.9 Å². The van der Waals surface area contributed by atoms with Gasteiger partial charge < -0.3 is 15.4 Å². The Balaban J connectivity index is 1.84. The number of likely N-dealkylation sites (tertiary alicyclic amines) is 1. The maximum atomic E-state index is 13.1. The van der Waals surface area contributed by atoms with Gasteiger partial charge >= 0.3 is 0 Å². The molecule has 0 radical (unpaired) electrons. The van der Waals surface area contributed by atoms with Crippen molar-refractivity contribution in [3.8, 4) is 0 Å². The molecule has 7 nitrogen and oxygen atoms in total. The van der Waals surface area contributed by atoms with Gasteiger partial charge in [0.2, 0.25) is 10.0 Å². The topological polar surface area (TPSA) is 92.9 Å². The summed E-state index contributed by atoms with van der Waals surface area (Å²) in [4.78, 5) is 14.9. The summed E-state index contributed by atoms with van der Waals surface area (Å²) in [5, 5.41) is 0. The van der Waals surface area contributed by atoms with Gasteiger partial charge in [0.05, 0.1) is 17.1 Å². The number of amides is 1. The van der Waals surface area contributed by atoms with Gasteiger partial charge in [-0.05, 0) is 57.9 Å². The first-order valence-electron chi connectivity index (χ1n) is 9.49. The summed E-state index contributed by atoms with van der Waals surface area (Å²) in [6.45, 7) is 7.52. The van der Waals surface area contributed by atoms with E-state index in [-0.39, 0.29) is 29.1 Å². The van der Waals surface area contributed by atoms with Gasteiger partial charge in [0.1, 0.15) is 0 Å². The highest BCUT2D eigenvalue weighted by molar-refractivity contribution is 7.89. The molecule has 0 saturated carbocycles. The third-order valence-corrected chi connectivity index (χ3v) is 7.19. The lowest BCUT2D eigenvalue weighted by Crippen LogP contribution is -2.48. The fraction of sp³-hybridized carbons (Fsp3) is 0.632. The Morgan fingerprint density at radius 3 is 2.44 bits per heavy atom. The first-order valence-corrected chi connectivity index (χ1v) is 10.9. The number of ether oxygens (including phenoxy) is 1. The Morgan fingerprint density at radius 2 is 1.85 bits per heavy atom. The van der Waals surface area contributed by atoms with Crippen LogP contribution in [0.25, 0.3) is 0 Å². The first kappa shape index (κ1) is 20.3. The van der Waals surface area contributed by atoms with E-state index in [0.29, 0.717) is 37.7 Å². The summed E-state index contributed by atoms with van der Waals surface area (Å²) in [6.07, 6.45) is 0.558. The van der Waals surface area contributed by atoms with Gasteiger partial charge in [0, 0.05) is 31.2 Å². The van der Waals surface area contributed by atoms with Crippen molar-refractivity contribution in [3.63, 3.8) is 0 Å². The largest absolute Gasteiger partial charge is 0.373 e. The summed E-state index contributed by atoms with van der Waals surface area (Å²) >= 11 is 0. The van der Waals surface area contributed by atoms with Gasteiger partial charge in [0.25, 0.3) is 5.91 Å². The van der Waals surface area contributed by atoms with Crippen molar-refractivity contribution in [1.29, 1.82) is 0 Å². The molecule has 1 aromatic carbocycles. The molecule has 27 heavy (non-hydrogen) atoms. The number of nitrogens with zero attached hydrogens (tertiary/aromatic N) is 2. The van der Waals surface area contributed by atoms with Gasteiger partial charge in [-0.2, -0.15) is 4.31 Å². The number of hydrogen-bond acceptors (Lipinski definition) is 5. The summed E-state index contributed by atoms with van der Waals surface area (Å²) in [5.74, 6) is 0.159. The molecule has 4 atom stereocenters. The lowest BCUT2D eigenvalue weighted by Gasteiger charge is -2.34. The number of rotatable bonds is 4. The fourth-order valence-corrected chi connectivity index (χ4v) is 5.66. The van der Waals surface area contributed by atoms with Crippen LogP contribution in [0.5, 0.6) is 0 Å².